The number of rotatable bonds is 6. The third-order valence-corrected chi connectivity index (χ3v) is 6.82. The maximum atomic E-state index is 12.7. The van der Waals surface area contributed by atoms with E-state index in [0.29, 0.717) is 12.0 Å². The molecule has 1 amide bonds. The SMILES string of the molecule is N#CN1C[C@H](NS(=O)(=O)c2cc(Cl)ccc2Cl)C[C@@H]1CNC(=O)c1ccccc1. The Bertz CT molecular complexity index is 1040. The Balaban J connectivity index is 1.65. The number of halogens is 2. The molecule has 2 aromatic carbocycles. The molecule has 2 N–H and O–H groups in total. The molecule has 0 aromatic heterocycles. The van der Waals surface area contributed by atoms with Gasteiger partial charge in [0.15, 0.2) is 6.19 Å². The average molecular weight is 453 g/mol. The van der Waals surface area contributed by atoms with Gasteiger partial charge in [-0.3, -0.25) is 4.79 Å². The molecule has 10 heteroatoms. The van der Waals surface area contributed by atoms with Crippen LogP contribution in [0.3, 0.4) is 0 Å². The summed E-state index contributed by atoms with van der Waals surface area (Å²) in [7, 11) is -3.92. The number of amides is 1. The molecule has 1 aliphatic heterocycles. The van der Waals surface area contributed by atoms with Crippen molar-refractivity contribution in [2.24, 2.45) is 0 Å². The fraction of sp³-hybridized carbons (Fsp3) is 0.263. The molecule has 2 aromatic rings. The Hall–Kier alpha value is -2.31. The van der Waals surface area contributed by atoms with Gasteiger partial charge >= 0.3 is 0 Å². The number of likely N-dealkylation sites (tertiary alicyclic amines) is 1. The van der Waals surface area contributed by atoms with Gasteiger partial charge in [0.2, 0.25) is 10.0 Å². The summed E-state index contributed by atoms with van der Waals surface area (Å²) in [6.07, 6.45) is 2.41. The van der Waals surface area contributed by atoms with Crippen molar-refractivity contribution in [2.75, 3.05) is 13.1 Å². The summed E-state index contributed by atoms with van der Waals surface area (Å²) in [6.45, 7) is 0.414. The summed E-state index contributed by atoms with van der Waals surface area (Å²) >= 11 is 11.9. The van der Waals surface area contributed by atoms with Crippen LogP contribution in [0.5, 0.6) is 0 Å². The number of sulfonamides is 1. The van der Waals surface area contributed by atoms with E-state index in [-0.39, 0.29) is 40.0 Å². The van der Waals surface area contributed by atoms with Crippen LogP contribution < -0.4 is 10.0 Å². The van der Waals surface area contributed by atoms with Gasteiger partial charge in [0.25, 0.3) is 5.91 Å². The molecule has 1 saturated heterocycles. The quantitative estimate of drug-likeness (QED) is 0.655. The topological polar surface area (TPSA) is 102 Å². The van der Waals surface area contributed by atoms with Crippen molar-refractivity contribution in [3.05, 3.63) is 64.1 Å². The minimum Gasteiger partial charge on any atom is -0.350 e. The Morgan fingerprint density at radius 1 is 1.21 bits per heavy atom. The molecule has 0 bridgehead atoms. The maximum absolute atomic E-state index is 12.7. The highest BCUT2D eigenvalue weighted by molar-refractivity contribution is 7.89. The van der Waals surface area contributed by atoms with E-state index < -0.39 is 16.1 Å². The van der Waals surface area contributed by atoms with Crippen molar-refractivity contribution >= 4 is 39.1 Å². The highest BCUT2D eigenvalue weighted by Gasteiger charge is 2.35. The van der Waals surface area contributed by atoms with Crippen molar-refractivity contribution in [3.63, 3.8) is 0 Å². The second-order valence-corrected chi connectivity index (χ2v) is 9.14. The first-order chi connectivity index (χ1) is 13.8. The lowest BCUT2D eigenvalue weighted by molar-refractivity contribution is 0.0945. The first-order valence-corrected chi connectivity index (χ1v) is 11.0. The summed E-state index contributed by atoms with van der Waals surface area (Å²) in [5.41, 5.74) is 0.516. The normalized spacial score (nSPS) is 19.0. The van der Waals surface area contributed by atoms with Crippen LogP contribution in [0.1, 0.15) is 16.8 Å². The second kappa shape index (κ2) is 9.01. The van der Waals surface area contributed by atoms with Crippen LogP contribution >= 0.6 is 23.2 Å². The minimum absolute atomic E-state index is 0.0590. The molecule has 29 heavy (non-hydrogen) atoms. The molecule has 0 saturated carbocycles. The van der Waals surface area contributed by atoms with Crippen LogP contribution in [-0.4, -0.2) is 44.4 Å². The van der Waals surface area contributed by atoms with Gasteiger partial charge in [0.1, 0.15) is 4.90 Å². The van der Waals surface area contributed by atoms with E-state index >= 15 is 0 Å². The Morgan fingerprint density at radius 2 is 1.93 bits per heavy atom. The number of benzene rings is 2. The van der Waals surface area contributed by atoms with E-state index in [1.807, 2.05) is 6.07 Å². The molecule has 1 fully saturated rings. The van der Waals surface area contributed by atoms with Gasteiger partial charge < -0.3 is 10.2 Å². The van der Waals surface area contributed by atoms with Crippen molar-refractivity contribution < 1.29 is 13.2 Å². The number of hydrogen-bond donors (Lipinski definition) is 2. The number of hydrogen-bond acceptors (Lipinski definition) is 5. The van der Waals surface area contributed by atoms with Crippen molar-refractivity contribution in [1.82, 2.24) is 14.9 Å². The molecule has 3 rings (SSSR count). The van der Waals surface area contributed by atoms with Crippen molar-refractivity contribution in [3.8, 4) is 6.19 Å². The Labute approximate surface area is 179 Å². The summed E-state index contributed by atoms with van der Waals surface area (Å²) in [5, 5.41) is 12.5. The fourth-order valence-corrected chi connectivity index (χ4v) is 5.19. The first kappa shape index (κ1) is 21.4. The predicted octanol–water partition coefficient (Wildman–Crippen LogP) is 2.63. The molecule has 7 nitrogen and oxygen atoms in total. The van der Waals surface area contributed by atoms with Gasteiger partial charge in [-0.25, -0.2) is 13.1 Å². The van der Waals surface area contributed by atoms with E-state index in [1.165, 1.54) is 23.1 Å². The molecule has 1 aliphatic rings. The first-order valence-electron chi connectivity index (χ1n) is 8.77. The van der Waals surface area contributed by atoms with Crippen LogP contribution in [0.15, 0.2) is 53.4 Å². The highest BCUT2D eigenvalue weighted by atomic mass is 35.5. The van der Waals surface area contributed by atoms with Crippen LogP contribution in [0.2, 0.25) is 10.0 Å². The fourth-order valence-electron chi connectivity index (χ4n) is 3.19. The van der Waals surface area contributed by atoms with E-state index in [1.54, 1.807) is 24.3 Å². The molecular weight excluding hydrogens is 435 g/mol. The maximum Gasteiger partial charge on any atom is 0.251 e. The average Bonchev–Trinajstić information content (AvgIpc) is 3.09. The smallest absolute Gasteiger partial charge is 0.251 e. The number of nitrogens with one attached hydrogen (secondary N) is 2. The van der Waals surface area contributed by atoms with Gasteiger partial charge in [-0.15, -0.1) is 0 Å². The minimum atomic E-state index is -3.92. The van der Waals surface area contributed by atoms with Gasteiger partial charge in [-0.1, -0.05) is 41.4 Å². The summed E-state index contributed by atoms with van der Waals surface area (Å²) in [5.74, 6) is -0.252. The lowest BCUT2D eigenvalue weighted by Crippen LogP contribution is -2.37. The molecule has 0 aliphatic carbocycles. The lowest BCUT2D eigenvalue weighted by atomic mass is 10.1. The van der Waals surface area contributed by atoms with E-state index in [9.17, 15) is 18.5 Å². The zero-order chi connectivity index (χ0) is 21.0. The summed E-state index contributed by atoms with van der Waals surface area (Å²) in [6, 6.07) is 12.1. The third kappa shape index (κ3) is 5.19. The van der Waals surface area contributed by atoms with Crippen LogP contribution in [-0.2, 0) is 10.0 Å². The van der Waals surface area contributed by atoms with Crippen LogP contribution in [0.4, 0.5) is 0 Å². The van der Waals surface area contributed by atoms with E-state index in [0.717, 1.165) is 0 Å². The standard InChI is InChI=1S/C19H18Cl2N4O3S/c20-14-6-7-17(21)18(8-14)29(27,28)24-15-9-16(25(11-15)12-22)10-23-19(26)13-4-2-1-3-5-13/h1-8,15-16,24H,9-11H2,(H,23,26)/t15-,16-/m1/s1. The van der Waals surface area contributed by atoms with Crippen LogP contribution in [0, 0.1) is 11.5 Å². The Kier molecular flexibility index (Phi) is 6.65. The lowest BCUT2D eigenvalue weighted by Gasteiger charge is -2.18. The molecular formula is C19H18Cl2N4O3S. The number of nitrogens with zero attached hydrogens (tertiary/aromatic N) is 2. The van der Waals surface area contributed by atoms with E-state index in [4.69, 9.17) is 23.2 Å². The number of carbonyl (C=O) groups excluding carboxylic acids is 1. The van der Waals surface area contributed by atoms with Crippen molar-refractivity contribution in [2.45, 2.75) is 23.4 Å². The van der Waals surface area contributed by atoms with Gasteiger partial charge in [0, 0.05) is 29.7 Å². The monoisotopic (exact) mass is 452 g/mol. The number of carbonyl (C=O) groups is 1. The molecule has 0 unspecified atom stereocenters. The van der Waals surface area contributed by atoms with E-state index in [2.05, 4.69) is 16.2 Å². The molecule has 152 valence electrons. The Morgan fingerprint density at radius 3 is 2.62 bits per heavy atom. The number of nitriles is 1. The second-order valence-electron chi connectivity index (χ2n) is 6.61. The van der Waals surface area contributed by atoms with Crippen LogP contribution in [0.25, 0.3) is 0 Å². The largest absolute Gasteiger partial charge is 0.350 e. The molecule has 0 spiro atoms. The van der Waals surface area contributed by atoms with Gasteiger partial charge in [-0.2, -0.15) is 5.26 Å². The van der Waals surface area contributed by atoms with Crippen molar-refractivity contribution in [1.29, 1.82) is 5.26 Å². The molecule has 1 heterocycles. The third-order valence-electron chi connectivity index (χ3n) is 4.58. The molecule has 2 atom stereocenters. The van der Waals surface area contributed by atoms with Gasteiger partial charge in [-0.05, 0) is 36.8 Å². The highest BCUT2D eigenvalue weighted by Crippen LogP contribution is 2.26. The summed E-state index contributed by atoms with van der Waals surface area (Å²) < 4.78 is 28.0. The summed E-state index contributed by atoms with van der Waals surface area (Å²) in [4.78, 5) is 13.6. The predicted molar refractivity (Wildman–Crippen MR) is 110 cm³/mol. The zero-order valence-corrected chi connectivity index (χ0v) is 17.5. The van der Waals surface area contributed by atoms with Gasteiger partial charge in [0.05, 0.1) is 11.1 Å². The zero-order valence-electron chi connectivity index (χ0n) is 15.2. The molecule has 0 radical (unpaired) electrons.